The maximum atomic E-state index is 16.3. The van der Waals surface area contributed by atoms with Gasteiger partial charge in [0.25, 0.3) is 5.88 Å². The molecule has 0 bridgehead atoms. The highest BCUT2D eigenvalue weighted by Crippen LogP contribution is 2.50. The van der Waals surface area contributed by atoms with Crippen LogP contribution in [0.4, 0.5) is 13.6 Å². The number of ether oxygens (including phenoxy) is 5. The number of rotatable bonds is 10. The van der Waals surface area contributed by atoms with Crippen LogP contribution in [-0.4, -0.2) is 60.4 Å². The monoisotopic (exact) mass is 660 g/mol. The third-order valence-corrected chi connectivity index (χ3v) is 7.87. The number of amides is 1. The predicted octanol–water partition coefficient (Wildman–Crippen LogP) is 6.66. The summed E-state index contributed by atoms with van der Waals surface area (Å²) in [6.07, 6.45) is 2.45. The number of halogens is 3. The summed E-state index contributed by atoms with van der Waals surface area (Å²) in [5.74, 6) is -4.13. The molecule has 1 amide bonds. The number of benzene rings is 2. The number of nitrogens with one attached hydrogen (secondary N) is 1. The number of aromatic carboxylic acids is 1. The van der Waals surface area contributed by atoms with E-state index in [1.165, 1.54) is 0 Å². The Morgan fingerprint density at radius 3 is 2.59 bits per heavy atom. The van der Waals surface area contributed by atoms with Gasteiger partial charge in [0.1, 0.15) is 23.8 Å². The van der Waals surface area contributed by atoms with Gasteiger partial charge in [-0.3, -0.25) is 0 Å². The second-order valence-corrected chi connectivity index (χ2v) is 12.4. The van der Waals surface area contributed by atoms with E-state index in [1.54, 1.807) is 51.1 Å². The summed E-state index contributed by atoms with van der Waals surface area (Å²) in [6.45, 7) is 5.58. The minimum atomic E-state index is -1.51. The minimum Gasteiger partial charge on any atom is -0.480 e. The average Bonchev–Trinajstić information content (AvgIpc) is 3.39. The van der Waals surface area contributed by atoms with Gasteiger partial charge in [0.15, 0.2) is 17.7 Å². The number of pyridine rings is 1. The molecule has 246 valence electrons. The Kier molecular flexibility index (Phi) is 9.99. The Labute approximate surface area is 269 Å². The van der Waals surface area contributed by atoms with Crippen LogP contribution in [0.25, 0.3) is 11.1 Å². The first-order valence-corrected chi connectivity index (χ1v) is 15.3. The Bertz CT molecular complexity index is 1590. The fourth-order valence-electron chi connectivity index (χ4n) is 5.47. The van der Waals surface area contributed by atoms with E-state index in [4.69, 9.17) is 35.3 Å². The molecular formula is C33H35ClF2N2O8. The molecule has 46 heavy (non-hydrogen) atoms. The van der Waals surface area contributed by atoms with E-state index in [0.29, 0.717) is 12.2 Å². The third kappa shape index (κ3) is 7.35. The average molecular weight is 661 g/mol. The van der Waals surface area contributed by atoms with Crippen molar-refractivity contribution in [2.75, 3.05) is 26.4 Å². The highest BCUT2D eigenvalue weighted by atomic mass is 35.5. The number of alkyl carbamates (subject to hydrolysis) is 1. The van der Waals surface area contributed by atoms with Crippen LogP contribution >= 0.6 is 11.6 Å². The zero-order chi connectivity index (χ0) is 33.1. The summed E-state index contributed by atoms with van der Waals surface area (Å²) < 4.78 is 60.1. The zero-order valence-corrected chi connectivity index (χ0v) is 26.4. The Morgan fingerprint density at radius 1 is 1.15 bits per heavy atom. The number of carbonyl (C=O) groups excluding carboxylic acids is 1. The Hall–Kier alpha value is -4.00. The van der Waals surface area contributed by atoms with Crippen molar-refractivity contribution in [3.8, 4) is 22.8 Å². The quantitative estimate of drug-likeness (QED) is 0.230. The number of carboxylic acid groups (broad SMARTS) is 1. The van der Waals surface area contributed by atoms with E-state index in [9.17, 15) is 14.7 Å². The lowest BCUT2D eigenvalue weighted by molar-refractivity contribution is -0.165. The number of hydrogen-bond acceptors (Lipinski definition) is 8. The lowest BCUT2D eigenvalue weighted by Crippen LogP contribution is -2.45. The van der Waals surface area contributed by atoms with Crippen LogP contribution < -0.4 is 14.8 Å². The number of carbonyl (C=O) groups is 2. The first-order chi connectivity index (χ1) is 21.9. The molecule has 10 nitrogen and oxygen atoms in total. The van der Waals surface area contributed by atoms with Gasteiger partial charge in [-0.1, -0.05) is 41.9 Å². The SMILES string of the molecule is CC(C)(C)OC(=O)NC[C@@]1(c2ccccc2)Cc2c(cc(F)c(Cl)c2-c2c(C(=O)O)cnc(OCCOC3CCCCO3)c2F)O1. The maximum absolute atomic E-state index is 16.3. The topological polar surface area (TPSA) is 125 Å². The molecule has 1 fully saturated rings. The van der Waals surface area contributed by atoms with E-state index < -0.39 is 56.9 Å². The van der Waals surface area contributed by atoms with Crippen molar-refractivity contribution in [2.24, 2.45) is 0 Å². The summed E-state index contributed by atoms with van der Waals surface area (Å²) in [6, 6.07) is 9.92. The molecule has 2 N–H and O–H groups in total. The molecule has 3 heterocycles. The van der Waals surface area contributed by atoms with E-state index >= 15 is 8.78 Å². The van der Waals surface area contributed by atoms with Crippen LogP contribution in [0.1, 0.15) is 61.5 Å². The Morgan fingerprint density at radius 2 is 1.91 bits per heavy atom. The van der Waals surface area contributed by atoms with Crippen molar-refractivity contribution >= 4 is 23.7 Å². The van der Waals surface area contributed by atoms with E-state index in [-0.39, 0.29) is 49.3 Å². The van der Waals surface area contributed by atoms with Gasteiger partial charge in [0.2, 0.25) is 0 Å². The summed E-state index contributed by atoms with van der Waals surface area (Å²) in [5, 5.41) is 12.2. The van der Waals surface area contributed by atoms with Crippen LogP contribution in [0.3, 0.4) is 0 Å². The van der Waals surface area contributed by atoms with Crippen LogP contribution in [0, 0.1) is 11.6 Å². The summed E-state index contributed by atoms with van der Waals surface area (Å²) in [7, 11) is 0. The molecule has 1 unspecified atom stereocenters. The van der Waals surface area contributed by atoms with Gasteiger partial charge in [-0.05, 0) is 45.6 Å². The van der Waals surface area contributed by atoms with Crippen molar-refractivity contribution in [3.63, 3.8) is 0 Å². The number of carboxylic acids is 1. The number of fused-ring (bicyclic) bond motifs is 1. The van der Waals surface area contributed by atoms with Crippen molar-refractivity contribution in [2.45, 2.75) is 63.9 Å². The highest BCUT2D eigenvalue weighted by Gasteiger charge is 2.45. The van der Waals surface area contributed by atoms with Crippen molar-refractivity contribution < 1.29 is 47.2 Å². The maximum Gasteiger partial charge on any atom is 0.407 e. The van der Waals surface area contributed by atoms with Gasteiger partial charge in [0, 0.05) is 42.0 Å². The molecule has 1 saturated heterocycles. The first-order valence-electron chi connectivity index (χ1n) is 14.9. The van der Waals surface area contributed by atoms with Crippen molar-refractivity contribution in [1.82, 2.24) is 10.3 Å². The van der Waals surface area contributed by atoms with Gasteiger partial charge in [0.05, 0.1) is 23.7 Å². The lowest BCUT2D eigenvalue weighted by atomic mass is 9.85. The molecule has 3 aromatic rings. The summed E-state index contributed by atoms with van der Waals surface area (Å²) in [4.78, 5) is 28.8. The molecule has 2 aromatic carbocycles. The van der Waals surface area contributed by atoms with Crippen molar-refractivity contribution in [1.29, 1.82) is 0 Å². The molecule has 0 spiro atoms. The first kappa shape index (κ1) is 33.4. The van der Waals surface area contributed by atoms with Gasteiger partial charge in [-0.2, -0.15) is 0 Å². The van der Waals surface area contributed by atoms with Crippen LogP contribution in [0.2, 0.25) is 5.02 Å². The van der Waals surface area contributed by atoms with E-state index in [1.807, 2.05) is 0 Å². The molecule has 5 rings (SSSR count). The molecular weight excluding hydrogens is 626 g/mol. The number of hydrogen-bond donors (Lipinski definition) is 2. The second kappa shape index (κ2) is 13.8. The standard InChI is InChI=1S/C33H35ClF2N2O8/c1-32(2,3)46-31(41)38-18-33(19-9-5-4-6-10-19)16-20-23(45-33)15-22(35)27(34)25(20)26-21(30(39)40)17-37-29(28(26)36)44-14-13-43-24-11-7-8-12-42-24/h4-6,9-10,15,17,24H,7-8,11-14,16,18H2,1-3H3,(H,38,41)(H,39,40)/t24?,33-/m1/s1. The fraction of sp³-hybridized carbons (Fsp3) is 0.424. The molecule has 2 aliphatic rings. The smallest absolute Gasteiger partial charge is 0.407 e. The van der Waals surface area contributed by atoms with Gasteiger partial charge < -0.3 is 34.1 Å². The summed E-state index contributed by atoms with van der Waals surface area (Å²) in [5.41, 5.74) is -2.52. The van der Waals surface area contributed by atoms with Crippen LogP contribution in [0.15, 0.2) is 42.6 Å². The molecule has 1 aromatic heterocycles. The minimum absolute atomic E-state index is 0.00245. The molecule has 0 radical (unpaired) electrons. The normalized spacial score (nSPS) is 19.2. The molecule has 2 atom stereocenters. The fourth-order valence-corrected chi connectivity index (χ4v) is 5.73. The molecule has 2 aliphatic heterocycles. The van der Waals surface area contributed by atoms with Crippen LogP contribution in [0.5, 0.6) is 11.6 Å². The lowest BCUT2D eigenvalue weighted by Gasteiger charge is -2.30. The Balaban J connectivity index is 1.51. The van der Waals surface area contributed by atoms with Gasteiger partial charge in [-0.15, -0.1) is 0 Å². The largest absolute Gasteiger partial charge is 0.480 e. The van der Waals surface area contributed by atoms with E-state index in [2.05, 4.69) is 10.3 Å². The van der Waals surface area contributed by atoms with E-state index in [0.717, 1.165) is 31.5 Å². The molecule has 0 saturated carbocycles. The zero-order valence-electron chi connectivity index (χ0n) is 25.7. The second-order valence-electron chi connectivity index (χ2n) is 12.0. The van der Waals surface area contributed by atoms with Gasteiger partial charge in [-0.25, -0.2) is 23.4 Å². The number of aromatic nitrogens is 1. The molecule has 13 heteroatoms. The third-order valence-electron chi connectivity index (χ3n) is 7.50. The van der Waals surface area contributed by atoms with Crippen molar-refractivity contribution in [3.05, 3.63) is 75.9 Å². The predicted molar refractivity (Wildman–Crippen MR) is 163 cm³/mol. The number of nitrogens with zero attached hydrogens (tertiary/aromatic N) is 1. The molecule has 0 aliphatic carbocycles. The summed E-state index contributed by atoms with van der Waals surface area (Å²) >= 11 is 6.49. The van der Waals surface area contributed by atoms with Gasteiger partial charge >= 0.3 is 12.1 Å². The highest BCUT2D eigenvalue weighted by molar-refractivity contribution is 6.34. The van der Waals surface area contributed by atoms with Crippen LogP contribution in [-0.2, 0) is 26.2 Å².